The highest BCUT2D eigenvalue weighted by atomic mass is 79.9. The second-order valence-electron chi connectivity index (χ2n) is 4.75. The number of H-pyrrole nitrogens is 1. The van der Waals surface area contributed by atoms with Crippen molar-refractivity contribution in [2.75, 3.05) is 26.2 Å². The summed E-state index contributed by atoms with van der Waals surface area (Å²) < 4.78 is 0.780. The van der Waals surface area contributed by atoms with Gasteiger partial charge in [0.2, 0.25) is 5.56 Å². The van der Waals surface area contributed by atoms with Gasteiger partial charge < -0.3 is 15.2 Å². The first-order chi connectivity index (χ1) is 9.66. The lowest BCUT2D eigenvalue weighted by Crippen LogP contribution is -2.46. The zero-order valence-electron chi connectivity index (χ0n) is 10.8. The van der Waals surface area contributed by atoms with Gasteiger partial charge >= 0.3 is 0 Å². The lowest BCUT2D eigenvalue weighted by molar-refractivity contribution is 0.0737. The van der Waals surface area contributed by atoms with E-state index in [1.54, 1.807) is 4.90 Å². The summed E-state index contributed by atoms with van der Waals surface area (Å²) in [5.74, 6) is -0.0827. The van der Waals surface area contributed by atoms with Crippen LogP contribution in [0.3, 0.4) is 0 Å². The van der Waals surface area contributed by atoms with Gasteiger partial charge in [0, 0.05) is 42.1 Å². The zero-order valence-corrected chi connectivity index (χ0v) is 12.4. The van der Waals surface area contributed by atoms with Crippen LogP contribution in [-0.2, 0) is 0 Å². The number of nitrogens with one attached hydrogen (secondary N) is 2. The SMILES string of the molecule is O=C(c1cc(=O)[nH]c2c(Br)cccc12)N1CCNCC1. The topological polar surface area (TPSA) is 65.2 Å². The summed E-state index contributed by atoms with van der Waals surface area (Å²) in [5, 5.41) is 3.98. The number of halogens is 1. The molecule has 1 aliphatic rings. The second kappa shape index (κ2) is 5.38. The lowest BCUT2D eigenvalue weighted by Gasteiger charge is -2.27. The molecule has 2 heterocycles. The molecule has 1 aromatic heterocycles. The number of fused-ring (bicyclic) bond motifs is 1. The average molecular weight is 336 g/mol. The first kappa shape index (κ1) is 13.3. The van der Waals surface area contributed by atoms with Crippen LogP contribution in [0.15, 0.2) is 33.5 Å². The molecule has 0 spiro atoms. The highest BCUT2D eigenvalue weighted by Crippen LogP contribution is 2.24. The molecule has 3 rings (SSSR count). The van der Waals surface area contributed by atoms with Crippen LogP contribution in [0.1, 0.15) is 10.4 Å². The van der Waals surface area contributed by atoms with Crippen molar-refractivity contribution in [2.45, 2.75) is 0 Å². The number of rotatable bonds is 1. The van der Waals surface area contributed by atoms with Crippen LogP contribution in [0.5, 0.6) is 0 Å². The minimum absolute atomic E-state index is 0.0827. The van der Waals surface area contributed by atoms with E-state index < -0.39 is 0 Å². The van der Waals surface area contributed by atoms with Crippen LogP contribution in [0.2, 0.25) is 0 Å². The zero-order chi connectivity index (χ0) is 14.1. The molecule has 1 fully saturated rings. The Morgan fingerprint density at radius 3 is 2.75 bits per heavy atom. The number of benzene rings is 1. The fourth-order valence-corrected chi connectivity index (χ4v) is 2.92. The molecule has 5 nitrogen and oxygen atoms in total. The van der Waals surface area contributed by atoms with Crippen LogP contribution in [0.4, 0.5) is 0 Å². The van der Waals surface area contributed by atoms with Crippen molar-refractivity contribution in [2.24, 2.45) is 0 Å². The molecule has 1 aromatic carbocycles. The molecule has 104 valence electrons. The van der Waals surface area contributed by atoms with E-state index in [1.807, 2.05) is 18.2 Å². The number of aromatic amines is 1. The molecule has 0 saturated carbocycles. The Balaban J connectivity index is 2.13. The largest absolute Gasteiger partial charge is 0.336 e. The monoisotopic (exact) mass is 335 g/mol. The molecule has 0 atom stereocenters. The van der Waals surface area contributed by atoms with Crippen LogP contribution >= 0.6 is 15.9 Å². The number of hydrogen-bond acceptors (Lipinski definition) is 3. The van der Waals surface area contributed by atoms with Gasteiger partial charge in [0.15, 0.2) is 0 Å². The average Bonchev–Trinajstić information content (AvgIpc) is 2.48. The maximum absolute atomic E-state index is 12.6. The molecule has 0 radical (unpaired) electrons. The van der Waals surface area contributed by atoms with Gasteiger partial charge in [-0.3, -0.25) is 9.59 Å². The normalized spacial score (nSPS) is 15.6. The summed E-state index contributed by atoms with van der Waals surface area (Å²) in [6, 6.07) is 6.95. The molecule has 2 aromatic rings. The van der Waals surface area contributed by atoms with Crippen LogP contribution in [0.25, 0.3) is 10.9 Å². The standard InChI is InChI=1S/C14H14BrN3O2/c15-11-3-1-2-9-10(8-12(19)17-13(9)11)14(20)18-6-4-16-5-7-18/h1-3,8,16H,4-7H2,(H,17,19). The number of piperazine rings is 1. The molecule has 0 bridgehead atoms. The maximum atomic E-state index is 12.6. The first-order valence-corrected chi connectivity index (χ1v) is 7.27. The van der Waals surface area contributed by atoms with E-state index >= 15 is 0 Å². The Morgan fingerprint density at radius 1 is 1.25 bits per heavy atom. The number of amides is 1. The lowest BCUT2D eigenvalue weighted by atomic mass is 10.1. The van der Waals surface area contributed by atoms with Gasteiger partial charge in [0.1, 0.15) is 0 Å². The maximum Gasteiger partial charge on any atom is 0.254 e. The van der Waals surface area contributed by atoms with Crippen molar-refractivity contribution in [3.05, 3.63) is 44.7 Å². The van der Waals surface area contributed by atoms with Gasteiger partial charge in [-0.2, -0.15) is 0 Å². The summed E-state index contributed by atoms with van der Waals surface area (Å²) >= 11 is 3.41. The Bertz CT molecular complexity index is 720. The fraction of sp³-hybridized carbons (Fsp3) is 0.286. The third-order valence-electron chi connectivity index (χ3n) is 3.46. The number of carbonyl (C=O) groups is 1. The number of para-hydroxylation sites is 1. The van der Waals surface area contributed by atoms with Crippen molar-refractivity contribution < 1.29 is 4.79 Å². The molecule has 20 heavy (non-hydrogen) atoms. The van der Waals surface area contributed by atoms with Crippen LogP contribution in [-0.4, -0.2) is 42.0 Å². The van der Waals surface area contributed by atoms with E-state index in [0.29, 0.717) is 24.2 Å². The minimum atomic E-state index is -0.261. The predicted octanol–water partition coefficient (Wildman–Crippen LogP) is 1.34. The van der Waals surface area contributed by atoms with Crippen molar-refractivity contribution in [3.8, 4) is 0 Å². The number of pyridine rings is 1. The Morgan fingerprint density at radius 2 is 2.00 bits per heavy atom. The molecular weight excluding hydrogens is 322 g/mol. The molecule has 1 amide bonds. The van der Waals surface area contributed by atoms with Crippen LogP contribution in [0, 0.1) is 0 Å². The van der Waals surface area contributed by atoms with E-state index in [2.05, 4.69) is 26.2 Å². The molecule has 2 N–H and O–H groups in total. The van der Waals surface area contributed by atoms with Gasteiger partial charge in [-0.1, -0.05) is 12.1 Å². The number of aromatic nitrogens is 1. The quantitative estimate of drug-likeness (QED) is 0.826. The third-order valence-corrected chi connectivity index (χ3v) is 4.12. The van der Waals surface area contributed by atoms with E-state index in [4.69, 9.17) is 0 Å². The van der Waals surface area contributed by atoms with Gasteiger partial charge in [-0.15, -0.1) is 0 Å². The Hall–Kier alpha value is -1.66. The van der Waals surface area contributed by atoms with Crippen molar-refractivity contribution in [1.82, 2.24) is 15.2 Å². The summed E-state index contributed by atoms with van der Waals surface area (Å²) in [6.45, 7) is 2.91. The molecule has 6 heteroatoms. The predicted molar refractivity (Wildman–Crippen MR) is 81.0 cm³/mol. The van der Waals surface area contributed by atoms with E-state index in [9.17, 15) is 9.59 Å². The molecule has 0 unspecified atom stereocenters. The van der Waals surface area contributed by atoms with Gasteiger partial charge in [0.25, 0.3) is 5.91 Å². The van der Waals surface area contributed by atoms with E-state index in [-0.39, 0.29) is 11.5 Å². The van der Waals surface area contributed by atoms with Crippen molar-refractivity contribution in [1.29, 1.82) is 0 Å². The van der Waals surface area contributed by atoms with Crippen LogP contribution < -0.4 is 10.9 Å². The van der Waals surface area contributed by atoms with Crippen molar-refractivity contribution >= 4 is 32.7 Å². The third kappa shape index (κ3) is 2.36. The number of hydrogen-bond donors (Lipinski definition) is 2. The number of carbonyl (C=O) groups excluding carboxylic acids is 1. The van der Waals surface area contributed by atoms with Crippen molar-refractivity contribution in [3.63, 3.8) is 0 Å². The highest BCUT2D eigenvalue weighted by molar-refractivity contribution is 9.10. The molecule has 1 aliphatic heterocycles. The van der Waals surface area contributed by atoms with Gasteiger partial charge in [0.05, 0.1) is 11.1 Å². The summed E-state index contributed by atoms with van der Waals surface area (Å²) in [7, 11) is 0. The smallest absolute Gasteiger partial charge is 0.254 e. The minimum Gasteiger partial charge on any atom is -0.336 e. The highest BCUT2D eigenvalue weighted by Gasteiger charge is 2.20. The summed E-state index contributed by atoms with van der Waals surface area (Å²) in [5.41, 5.74) is 0.869. The molecular formula is C14H14BrN3O2. The Labute approximate surface area is 124 Å². The number of nitrogens with zero attached hydrogens (tertiary/aromatic N) is 1. The van der Waals surface area contributed by atoms with Gasteiger partial charge in [-0.05, 0) is 22.0 Å². The Kier molecular flexibility index (Phi) is 3.58. The van der Waals surface area contributed by atoms with E-state index in [0.717, 1.165) is 22.9 Å². The summed E-state index contributed by atoms with van der Waals surface area (Å²) in [4.78, 5) is 28.9. The fourth-order valence-electron chi connectivity index (χ4n) is 2.46. The summed E-state index contributed by atoms with van der Waals surface area (Å²) in [6.07, 6.45) is 0. The first-order valence-electron chi connectivity index (χ1n) is 6.48. The van der Waals surface area contributed by atoms with E-state index in [1.165, 1.54) is 6.07 Å². The van der Waals surface area contributed by atoms with Gasteiger partial charge in [-0.25, -0.2) is 0 Å². The second-order valence-corrected chi connectivity index (χ2v) is 5.61. The molecule has 1 saturated heterocycles. The molecule has 0 aliphatic carbocycles.